The van der Waals surface area contributed by atoms with Crippen LogP contribution in [0.1, 0.15) is 74.5 Å². The molecule has 2 aliphatic rings. The van der Waals surface area contributed by atoms with Crippen LogP contribution in [0.3, 0.4) is 0 Å². The monoisotopic (exact) mass is 536 g/mol. The zero-order valence-corrected chi connectivity index (χ0v) is 22.6. The molecule has 0 unspecified atom stereocenters. The van der Waals surface area contributed by atoms with Gasteiger partial charge >= 0.3 is 5.97 Å². The average Bonchev–Trinajstić information content (AvgIpc) is 3.48. The van der Waals surface area contributed by atoms with E-state index in [9.17, 15) is 14.7 Å². The van der Waals surface area contributed by atoms with E-state index in [2.05, 4.69) is 23.7 Å². The Labute approximate surface area is 230 Å². The van der Waals surface area contributed by atoms with Gasteiger partial charge in [0, 0.05) is 42.7 Å². The molecule has 1 aliphatic carbocycles. The smallest absolute Gasteiger partial charge is 0.303 e. The number of nitrogens with zero attached hydrogens (tertiary/aromatic N) is 1. The Morgan fingerprint density at radius 2 is 1.82 bits per heavy atom. The largest absolute Gasteiger partial charge is 0.481 e. The van der Waals surface area contributed by atoms with Crippen molar-refractivity contribution >= 4 is 17.6 Å². The van der Waals surface area contributed by atoms with Crippen LogP contribution >= 0.6 is 0 Å². The van der Waals surface area contributed by atoms with Crippen LogP contribution in [0.25, 0.3) is 0 Å². The predicted molar refractivity (Wildman–Crippen MR) is 149 cm³/mol. The minimum absolute atomic E-state index is 0.0153. The highest BCUT2D eigenvalue weighted by atomic mass is 16.7. The van der Waals surface area contributed by atoms with Gasteiger partial charge in [0.1, 0.15) is 0 Å². The fraction of sp³-hybridized carbons (Fsp3) is 0.484. The van der Waals surface area contributed by atoms with Gasteiger partial charge in [-0.25, -0.2) is 0 Å². The number of hydrogen-bond donors (Lipinski definition) is 3. The van der Waals surface area contributed by atoms with E-state index in [4.69, 9.17) is 14.6 Å². The molecular formula is C31H40N2O6. The van der Waals surface area contributed by atoms with E-state index in [1.165, 1.54) is 25.7 Å². The lowest BCUT2D eigenvalue weighted by atomic mass is 9.89. The first-order valence-corrected chi connectivity index (χ1v) is 13.8. The molecule has 39 heavy (non-hydrogen) atoms. The van der Waals surface area contributed by atoms with E-state index in [0.29, 0.717) is 11.7 Å². The molecule has 1 amide bonds. The van der Waals surface area contributed by atoms with Crippen molar-refractivity contribution in [1.29, 1.82) is 0 Å². The highest BCUT2D eigenvalue weighted by molar-refractivity contribution is 5.92. The Kier molecular flexibility index (Phi) is 10.3. The van der Waals surface area contributed by atoms with E-state index in [0.717, 1.165) is 29.8 Å². The molecular weight excluding hydrogens is 496 g/mol. The Morgan fingerprint density at radius 3 is 2.49 bits per heavy atom. The first kappa shape index (κ1) is 29.0. The molecule has 2 aromatic rings. The Morgan fingerprint density at radius 1 is 1.08 bits per heavy atom. The highest BCUT2D eigenvalue weighted by Gasteiger charge is 2.40. The number of hydrogen-bond acceptors (Lipinski definition) is 6. The van der Waals surface area contributed by atoms with Crippen LogP contribution < -0.4 is 5.32 Å². The molecule has 4 rings (SSSR count). The number of aliphatic carboxylic acids is 1. The number of rotatable bonds is 12. The van der Waals surface area contributed by atoms with Gasteiger partial charge in [-0.15, -0.1) is 6.58 Å². The normalized spacial score (nSPS) is 23.6. The lowest BCUT2D eigenvalue weighted by molar-refractivity contribution is -0.276. The standard InChI is InChI=1S/C31H40N2O6/c1-3-17-33(26-9-4-5-10-26)19-27-21(2)30(23-13-11-22(20-34)12-14-23)39-31(38-27)24-7-6-8-25(18-24)32-28(35)15-16-29(36)37/h3,6-8,11-14,18,21,26-27,30-31,34H,1,4-5,9-10,15-17,19-20H2,2H3,(H,32,35)(H,36,37)/t21-,27+,30+,31+/m1/s1. The second-order valence-electron chi connectivity index (χ2n) is 10.6. The second-order valence-corrected chi connectivity index (χ2v) is 10.6. The van der Waals surface area contributed by atoms with Crippen LogP contribution in [0, 0.1) is 5.92 Å². The number of aliphatic hydroxyl groups excluding tert-OH is 1. The van der Waals surface area contributed by atoms with Crippen LogP contribution in [0.15, 0.2) is 61.2 Å². The van der Waals surface area contributed by atoms with Gasteiger partial charge in [0.05, 0.1) is 25.2 Å². The summed E-state index contributed by atoms with van der Waals surface area (Å²) in [5.41, 5.74) is 3.20. The van der Waals surface area contributed by atoms with Crippen molar-refractivity contribution in [2.75, 3.05) is 18.4 Å². The molecule has 1 aliphatic heterocycles. The molecule has 1 saturated heterocycles. The molecule has 0 bridgehead atoms. The molecule has 3 N–H and O–H groups in total. The lowest BCUT2D eigenvalue weighted by Crippen LogP contribution is -2.47. The predicted octanol–water partition coefficient (Wildman–Crippen LogP) is 5.20. The first-order chi connectivity index (χ1) is 18.9. The Hall–Kier alpha value is -3.04. The summed E-state index contributed by atoms with van der Waals surface area (Å²) in [5.74, 6) is -1.30. The first-order valence-electron chi connectivity index (χ1n) is 13.8. The number of carboxylic acids is 1. The van der Waals surface area contributed by atoms with Crippen molar-refractivity contribution in [3.8, 4) is 0 Å². The summed E-state index contributed by atoms with van der Waals surface area (Å²) in [4.78, 5) is 25.5. The number of amides is 1. The SMILES string of the molecule is C=CCN(C[C@@H]1O[C@H](c2cccc(NC(=O)CCC(=O)O)c2)O[C@H](c2ccc(CO)cc2)[C@@H]1C)C1CCCC1. The zero-order chi connectivity index (χ0) is 27.8. The topological polar surface area (TPSA) is 108 Å². The summed E-state index contributed by atoms with van der Waals surface area (Å²) in [5, 5.41) is 21.2. The molecule has 4 atom stereocenters. The van der Waals surface area contributed by atoms with Crippen LogP contribution in [-0.2, 0) is 25.7 Å². The van der Waals surface area contributed by atoms with Crippen LogP contribution in [0.2, 0.25) is 0 Å². The number of carbonyl (C=O) groups excluding carboxylic acids is 1. The molecule has 0 aromatic heterocycles. The van der Waals surface area contributed by atoms with Crippen LogP contribution in [0.4, 0.5) is 5.69 Å². The van der Waals surface area contributed by atoms with E-state index < -0.39 is 12.3 Å². The number of ether oxygens (including phenoxy) is 2. The Balaban J connectivity index is 1.58. The Bertz CT molecular complexity index is 1110. The third-order valence-electron chi connectivity index (χ3n) is 7.75. The van der Waals surface area contributed by atoms with E-state index in [1.54, 1.807) is 6.07 Å². The molecule has 8 nitrogen and oxygen atoms in total. The molecule has 2 fully saturated rings. The fourth-order valence-corrected chi connectivity index (χ4v) is 5.57. The molecule has 0 spiro atoms. The van der Waals surface area contributed by atoms with Gasteiger partial charge < -0.3 is 25.0 Å². The summed E-state index contributed by atoms with van der Waals surface area (Å²) in [6, 6.07) is 15.7. The quantitative estimate of drug-likeness (QED) is 0.320. The number of anilines is 1. The van der Waals surface area contributed by atoms with Crippen molar-refractivity contribution in [1.82, 2.24) is 4.90 Å². The summed E-state index contributed by atoms with van der Waals surface area (Å²) < 4.78 is 13.2. The summed E-state index contributed by atoms with van der Waals surface area (Å²) in [7, 11) is 0. The molecule has 1 saturated carbocycles. The maximum absolute atomic E-state index is 12.2. The third kappa shape index (κ3) is 7.76. The van der Waals surface area contributed by atoms with Gasteiger partial charge in [-0.2, -0.15) is 0 Å². The number of carboxylic acid groups (broad SMARTS) is 1. The maximum atomic E-state index is 12.2. The number of benzene rings is 2. The van der Waals surface area contributed by atoms with E-state index in [-0.39, 0.29) is 43.5 Å². The summed E-state index contributed by atoms with van der Waals surface area (Å²) in [6.07, 6.45) is 5.51. The van der Waals surface area contributed by atoms with Gasteiger partial charge in [-0.1, -0.05) is 62.2 Å². The van der Waals surface area contributed by atoms with Crippen LogP contribution in [-0.4, -0.2) is 52.2 Å². The molecule has 2 aromatic carbocycles. The van der Waals surface area contributed by atoms with Crippen LogP contribution in [0.5, 0.6) is 0 Å². The van der Waals surface area contributed by atoms with Crippen molar-refractivity contribution in [3.05, 3.63) is 77.9 Å². The lowest BCUT2D eigenvalue weighted by Gasteiger charge is -2.43. The molecule has 210 valence electrons. The highest BCUT2D eigenvalue weighted by Crippen LogP contribution is 2.42. The summed E-state index contributed by atoms with van der Waals surface area (Å²) >= 11 is 0. The number of nitrogens with one attached hydrogen (secondary N) is 1. The maximum Gasteiger partial charge on any atom is 0.303 e. The second kappa shape index (κ2) is 13.8. The van der Waals surface area contributed by atoms with E-state index >= 15 is 0 Å². The minimum atomic E-state index is -1.01. The van der Waals surface area contributed by atoms with Crippen molar-refractivity contribution in [2.24, 2.45) is 5.92 Å². The van der Waals surface area contributed by atoms with Gasteiger partial charge in [-0.05, 0) is 36.1 Å². The van der Waals surface area contributed by atoms with Crippen molar-refractivity contribution in [3.63, 3.8) is 0 Å². The number of aliphatic hydroxyl groups is 1. The fourth-order valence-electron chi connectivity index (χ4n) is 5.57. The van der Waals surface area contributed by atoms with E-state index in [1.807, 2.05) is 48.5 Å². The van der Waals surface area contributed by atoms with Crippen molar-refractivity contribution < 1.29 is 29.3 Å². The number of carbonyl (C=O) groups is 2. The molecule has 0 radical (unpaired) electrons. The third-order valence-corrected chi connectivity index (χ3v) is 7.75. The zero-order valence-electron chi connectivity index (χ0n) is 22.6. The van der Waals surface area contributed by atoms with Gasteiger partial charge in [-0.3, -0.25) is 14.5 Å². The van der Waals surface area contributed by atoms with Crippen molar-refractivity contribution in [2.45, 2.75) is 76.6 Å². The van der Waals surface area contributed by atoms with Gasteiger partial charge in [0.25, 0.3) is 0 Å². The average molecular weight is 537 g/mol. The van der Waals surface area contributed by atoms with Gasteiger partial charge in [0.2, 0.25) is 5.91 Å². The minimum Gasteiger partial charge on any atom is -0.481 e. The summed E-state index contributed by atoms with van der Waals surface area (Å²) in [6.45, 7) is 7.69. The molecule has 8 heteroatoms. The van der Waals surface area contributed by atoms with Gasteiger partial charge in [0.15, 0.2) is 6.29 Å². The molecule has 1 heterocycles.